The van der Waals surface area contributed by atoms with Crippen molar-refractivity contribution in [2.45, 2.75) is 13.8 Å². The lowest BCUT2D eigenvalue weighted by Crippen LogP contribution is -2.15. The predicted molar refractivity (Wildman–Crippen MR) is 106 cm³/mol. The molecule has 28 heavy (non-hydrogen) atoms. The Kier molecular flexibility index (Phi) is 4.30. The Morgan fingerprint density at radius 1 is 1.11 bits per heavy atom. The number of amides is 1. The van der Waals surface area contributed by atoms with Crippen LogP contribution >= 0.6 is 0 Å². The van der Waals surface area contributed by atoms with Gasteiger partial charge in [-0.15, -0.1) is 0 Å². The molecule has 7 heteroatoms. The molecule has 4 rings (SSSR count). The van der Waals surface area contributed by atoms with Gasteiger partial charge >= 0.3 is 0 Å². The van der Waals surface area contributed by atoms with E-state index in [4.69, 9.17) is 5.26 Å². The van der Waals surface area contributed by atoms with Gasteiger partial charge in [0.05, 0.1) is 11.1 Å². The first-order valence-electron chi connectivity index (χ1n) is 8.64. The van der Waals surface area contributed by atoms with Gasteiger partial charge in [0, 0.05) is 34.7 Å². The smallest absolute Gasteiger partial charge is 0.274 e. The number of anilines is 1. The van der Waals surface area contributed by atoms with Crippen molar-refractivity contribution in [2.24, 2.45) is 0 Å². The van der Waals surface area contributed by atoms with Gasteiger partial charge in [-0.3, -0.25) is 14.9 Å². The van der Waals surface area contributed by atoms with E-state index in [0.29, 0.717) is 16.8 Å². The SMILES string of the molecule is Cc1ccc(-c2n[nH]c3ccc(NC(=O)c4ncc(C#N)cc4C)cc23)cn1. The van der Waals surface area contributed by atoms with Gasteiger partial charge in [0.15, 0.2) is 0 Å². The third-order valence-corrected chi connectivity index (χ3v) is 4.43. The number of benzene rings is 1. The number of hydrogen-bond donors (Lipinski definition) is 2. The van der Waals surface area contributed by atoms with Gasteiger partial charge in [0.1, 0.15) is 17.5 Å². The van der Waals surface area contributed by atoms with Gasteiger partial charge in [-0.25, -0.2) is 4.98 Å². The summed E-state index contributed by atoms with van der Waals surface area (Å²) >= 11 is 0. The van der Waals surface area contributed by atoms with E-state index >= 15 is 0 Å². The van der Waals surface area contributed by atoms with Crippen molar-refractivity contribution < 1.29 is 4.79 Å². The number of hydrogen-bond acceptors (Lipinski definition) is 5. The van der Waals surface area contributed by atoms with Crippen LogP contribution < -0.4 is 5.32 Å². The Morgan fingerprint density at radius 3 is 2.68 bits per heavy atom. The predicted octanol–water partition coefficient (Wildman–Crippen LogP) is 3.76. The zero-order chi connectivity index (χ0) is 19.7. The van der Waals surface area contributed by atoms with Crippen LogP contribution in [0, 0.1) is 25.2 Å². The number of nitrogens with one attached hydrogen (secondary N) is 2. The van der Waals surface area contributed by atoms with E-state index in [2.05, 4.69) is 25.5 Å². The normalized spacial score (nSPS) is 10.6. The summed E-state index contributed by atoms with van der Waals surface area (Å²) in [6, 6.07) is 13.1. The molecule has 0 aliphatic heterocycles. The van der Waals surface area contributed by atoms with Crippen LogP contribution in [-0.2, 0) is 0 Å². The second-order valence-corrected chi connectivity index (χ2v) is 6.48. The Bertz CT molecular complexity index is 1230. The van der Waals surface area contributed by atoms with Gasteiger partial charge in [0.25, 0.3) is 5.91 Å². The number of rotatable bonds is 3. The number of nitrogens with zero attached hydrogens (tertiary/aromatic N) is 4. The fourth-order valence-corrected chi connectivity index (χ4v) is 2.98. The van der Waals surface area contributed by atoms with Crippen molar-refractivity contribution in [3.8, 4) is 17.3 Å². The Hall–Kier alpha value is -4.05. The highest BCUT2D eigenvalue weighted by molar-refractivity contribution is 6.05. The molecule has 136 valence electrons. The summed E-state index contributed by atoms with van der Waals surface area (Å²) in [6.07, 6.45) is 3.17. The van der Waals surface area contributed by atoms with E-state index in [1.807, 2.05) is 37.3 Å². The van der Waals surface area contributed by atoms with Crippen molar-refractivity contribution in [1.82, 2.24) is 20.2 Å². The van der Waals surface area contributed by atoms with E-state index in [9.17, 15) is 4.79 Å². The van der Waals surface area contributed by atoms with Crippen LogP contribution in [0.2, 0.25) is 0 Å². The van der Waals surface area contributed by atoms with E-state index in [1.165, 1.54) is 6.20 Å². The highest BCUT2D eigenvalue weighted by atomic mass is 16.1. The number of aromatic amines is 1. The van der Waals surface area contributed by atoms with Gasteiger partial charge < -0.3 is 5.32 Å². The Labute approximate surface area is 161 Å². The van der Waals surface area contributed by atoms with Crippen LogP contribution in [0.4, 0.5) is 5.69 Å². The van der Waals surface area contributed by atoms with E-state index in [-0.39, 0.29) is 11.6 Å². The molecular weight excluding hydrogens is 352 g/mol. The van der Waals surface area contributed by atoms with E-state index in [0.717, 1.165) is 27.9 Å². The van der Waals surface area contributed by atoms with Crippen LogP contribution in [0.3, 0.4) is 0 Å². The summed E-state index contributed by atoms with van der Waals surface area (Å²) in [7, 11) is 0. The van der Waals surface area contributed by atoms with E-state index in [1.54, 1.807) is 25.3 Å². The summed E-state index contributed by atoms with van der Waals surface area (Å²) in [5.41, 5.74) is 5.44. The molecule has 0 aliphatic rings. The van der Waals surface area contributed by atoms with Gasteiger partial charge in [-0.05, 0) is 55.8 Å². The van der Waals surface area contributed by atoms with Crippen molar-refractivity contribution in [1.29, 1.82) is 5.26 Å². The maximum atomic E-state index is 12.6. The summed E-state index contributed by atoms with van der Waals surface area (Å²) in [4.78, 5) is 21.0. The minimum absolute atomic E-state index is 0.286. The molecular formula is C21H16N6O. The number of aromatic nitrogens is 4. The largest absolute Gasteiger partial charge is 0.321 e. The number of aryl methyl sites for hydroxylation is 2. The summed E-state index contributed by atoms with van der Waals surface area (Å²) < 4.78 is 0. The van der Waals surface area contributed by atoms with Gasteiger partial charge in [0.2, 0.25) is 0 Å². The molecule has 0 saturated heterocycles. The highest BCUT2D eigenvalue weighted by Crippen LogP contribution is 2.28. The Balaban J connectivity index is 1.66. The quantitative estimate of drug-likeness (QED) is 0.572. The monoisotopic (exact) mass is 368 g/mol. The second kappa shape index (κ2) is 6.93. The summed E-state index contributed by atoms with van der Waals surface area (Å²) in [5, 5.41) is 20.1. The molecule has 0 bridgehead atoms. The van der Waals surface area contributed by atoms with Crippen LogP contribution in [0.25, 0.3) is 22.2 Å². The highest BCUT2D eigenvalue weighted by Gasteiger charge is 2.14. The Morgan fingerprint density at radius 2 is 1.96 bits per heavy atom. The maximum Gasteiger partial charge on any atom is 0.274 e. The van der Waals surface area contributed by atoms with E-state index < -0.39 is 0 Å². The second-order valence-electron chi connectivity index (χ2n) is 6.48. The molecule has 0 spiro atoms. The number of carbonyl (C=O) groups excluding carboxylic acids is 1. The first kappa shape index (κ1) is 17.4. The minimum Gasteiger partial charge on any atom is -0.321 e. The van der Waals surface area contributed by atoms with Gasteiger partial charge in [-0.2, -0.15) is 10.4 Å². The fraction of sp³-hybridized carbons (Fsp3) is 0.0952. The number of nitriles is 1. The average Bonchev–Trinajstić information content (AvgIpc) is 3.11. The lowest BCUT2D eigenvalue weighted by atomic mass is 10.1. The lowest BCUT2D eigenvalue weighted by Gasteiger charge is -2.07. The molecule has 3 heterocycles. The third-order valence-electron chi connectivity index (χ3n) is 4.43. The first-order chi connectivity index (χ1) is 13.5. The molecule has 0 saturated carbocycles. The van der Waals surface area contributed by atoms with Crippen molar-refractivity contribution in [3.05, 3.63) is 71.3 Å². The fourth-order valence-electron chi connectivity index (χ4n) is 2.98. The number of carbonyl (C=O) groups is 1. The van der Waals surface area contributed by atoms with Crippen LogP contribution in [0.1, 0.15) is 27.3 Å². The number of H-pyrrole nitrogens is 1. The standard InChI is InChI=1S/C21H16N6O/c1-12-7-14(9-22)10-24-19(12)21(28)25-16-5-6-18-17(8-16)20(27-26-18)15-4-3-13(2)23-11-15/h3-8,10-11H,1-2H3,(H,25,28)(H,26,27). The molecule has 0 fully saturated rings. The number of fused-ring (bicyclic) bond motifs is 1. The average molecular weight is 368 g/mol. The maximum absolute atomic E-state index is 12.6. The zero-order valence-electron chi connectivity index (χ0n) is 15.3. The summed E-state index contributed by atoms with van der Waals surface area (Å²) in [5.74, 6) is -0.330. The molecule has 0 unspecified atom stereocenters. The van der Waals surface area contributed by atoms with Crippen LogP contribution in [0.15, 0.2) is 48.8 Å². The van der Waals surface area contributed by atoms with Crippen molar-refractivity contribution in [2.75, 3.05) is 5.32 Å². The topological polar surface area (TPSA) is 107 Å². The van der Waals surface area contributed by atoms with Crippen LogP contribution in [0.5, 0.6) is 0 Å². The van der Waals surface area contributed by atoms with Crippen LogP contribution in [-0.4, -0.2) is 26.1 Å². The minimum atomic E-state index is -0.330. The molecule has 7 nitrogen and oxygen atoms in total. The van der Waals surface area contributed by atoms with Crippen molar-refractivity contribution in [3.63, 3.8) is 0 Å². The third kappa shape index (κ3) is 3.19. The summed E-state index contributed by atoms with van der Waals surface area (Å²) in [6.45, 7) is 3.68. The molecule has 4 aromatic rings. The molecule has 3 aromatic heterocycles. The molecule has 1 aromatic carbocycles. The lowest BCUT2D eigenvalue weighted by molar-refractivity contribution is 0.102. The van der Waals surface area contributed by atoms with Gasteiger partial charge in [-0.1, -0.05) is 0 Å². The van der Waals surface area contributed by atoms with Crippen molar-refractivity contribution >= 4 is 22.5 Å². The zero-order valence-corrected chi connectivity index (χ0v) is 15.3. The molecule has 0 radical (unpaired) electrons. The molecule has 0 atom stereocenters. The molecule has 0 aliphatic carbocycles. The molecule has 1 amide bonds. The number of pyridine rings is 2. The molecule has 2 N–H and O–H groups in total. The first-order valence-corrected chi connectivity index (χ1v) is 8.64.